The zero-order valence-corrected chi connectivity index (χ0v) is 6.74. The van der Waals surface area contributed by atoms with E-state index in [1.807, 2.05) is 6.92 Å². The molecule has 0 saturated carbocycles. The summed E-state index contributed by atoms with van der Waals surface area (Å²) >= 11 is 0. The van der Waals surface area contributed by atoms with Crippen molar-refractivity contribution in [1.82, 2.24) is 5.43 Å². The van der Waals surface area contributed by atoms with Crippen LogP contribution >= 0.6 is 0 Å². The van der Waals surface area contributed by atoms with E-state index in [0.29, 0.717) is 6.42 Å². The van der Waals surface area contributed by atoms with Gasteiger partial charge in [-0.25, -0.2) is 8.42 Å². The molecule has 0 aromatic carbocycles. The molecule has 0 amide bonds. The molecule has 0 aliphatic carbocycles. The molecule has 1 rings (SSSR count). The molecule has 0 radical (unpaired) electrons. The van der Waals surface area contributed by atoms with Crippen molar-refractivity contribution in [2.75, 3.05) is 11.5 Å². The van der Waals surface area contributed by atoms with E-state index >= 15 is 0 Å². The molecule has 3 N–H and O–H groups in total. The first-order valence-corrected chi connectivity index (χ1v) is 4.98. The highest BCUT2D eigenvalue weighted by Gasteiger charge is 2.37. The Kier molecular flexibility index (Phi) is 1.74. The summed E-state index contributed by atoms with van der Waals surface area (Å²) in [6.45, 7) is 1.82. The number of hydrogen-bond acceptors (Lipinski definition) is 4. The third-order valence-corrected chi connectivity index (χ3v) is 3.75. The van der Waals surface area contributed by atoms with Gasteiger partial charge in [0.25, 0.3) is 0 Å². The van der Waals surface area contributed by atoms with E-state index in [-0.39, 0.29) is 11.5 Å². The quantitative estimate of drug-likeness (QED) is 0.386. The topological polar surface area (TPSA) is 72.2 Å². The molecule has 1 saturated heterocycles. The Morgan fingerprint density at radius 1 is 1.60 bits per heavy atom. The largest absolute Gasteiger partial charge is 0.271 e. The minimum absolute atomic E-state index is 0.163. The molecule has 0 aromatic heterocycles. The van der Waals surface area contributed by atoms with E-state index in [9.17, 15) is 8.42 Å². The second-order valence-electron chi connectivity index (χ2n) is 3.05. The summed E-state index contributed by atoms with van der Waals surface area (Å²) in [5.74, 6) is 5.60. The second-order valence-corrected chi connectivity index (χ2v) is 5.23. The van der Waals surface area contributed by atoms with E-state index in [1.165, 1.54) is 0 Å². The van der Waals surface area contributed by atoms with Crippen LogP contribution in [0, 0.1) is 0 Å². The van der Waals surface area contributed by atoms with Gasteiger partial charge in [0, 0.05) is 5.54 Å². The Morgan fingerprint density at radius 3 is 2.40 bits per heavy atom. The minimum Gasteiger partial charge on any atom is -0.271 e. The van der Waals surface area contributed by atoms with E-state index in [1.54, 1.807) is 0 Å². The summed E-state index contributed by atoms with van der Waals surface area (Å²) in [4.78, 5) is 0. The molecule has 1 aliphatic rings. The van der Waals surface area contributed by atoms with Crippen LogP contribution in [-0.2, 0) is 9.84 Å². The molecule has 0 unspecified atom stereocenters. The van der Waals surface area contributed by atoms with Crippen molar-refractivity contribution >= 4 is 9.84 Å². The predicted octanol–water partition coefficient (Wildman–Crippen LogP) is -0.973. The lowest BCUT2D eigenvalue weighted by Gasteiger charge is -2.19. The number of hydrogen-bond donors (Lipinski definition) is 2. The minimum atomic E-state index is -2.81. The SMILES string of the molecule is C[C@]1(NN)CCS(=O)(=O)C1. The maximum atomic E-state index is 10.9. The van der Waals surface area contributed by atoms with Crippen LogP contribution in [0.25, 0.3) is 0 Å². The summed E-state index contributed by atoms with van der Waals surface area (Å²) in [5, 5.41) is 0. The third-order valence-electron chi connectivity index (χ3n) is 1.85. The first-order valence-electron chi connectivity index (χ1n) is 3.16. The fourth-order valence-corrected chi connectivity index (χ4v) is 3.23. The fourth-order valence-electron chi connectivity index (χ4n) is 1.12. The molecule has 1 aliphatic heterocycles. The van der Waals surface area contributed by atoms with E-state index in [2.05, 4.69) is 5.43 Å². The molecule has 10 heavy (non-hydrogen) atoms. The highest BCUT2D eigenvalue weighted by Crippen LogP contribution is 2.21. The van der Waals surface area contributed by atoms with Gasteiger partial charge < -0.3 is 0 Å². The van der Waals surface area contributed by atoms with Gasteiger partial charge in [0.2, 0.25) is 0 Å². The molecule has 60 valence electrons. The maximum absolute atomic E-state index is 10.9. The number of rotatable bonds is 1. The van der Waals surface area contributed by atoms with E-state index in [4.69, 9.17) is 5.84 Å². The first-order chi connectivity index (χ1) is 4.47. The van der Waals surface area contributed by atoms with E-state index < -0.39 is 15.4 Å². The lowest BCUT2D eigenvalue weighted by Crippen LogP contribution is -2.47. The summed E-state index contributed by atoms with van der Waals surface area (Å²) < 4.78 is 21.8. The van der Waals surface area contributed by atoms with Gasteiger partial charge in [-0.2, -0.15) is 0 Å². The van der Waals surface area contributed by atoms with Crippen LogP contribution in [0.15, 0.2) is 0 Å². The van der Waals surface area contributed by atoms with Crippen LogP contribution < -0.4 is 11.3 Å². The molecular weight excluding hydrogens is 152 g/mol. The zero-order valence-electron chi connectivity index (χ0n) is 5.92. The molecule has 1 atom stereocenters. The van der Waals surface area contributed by atoms with Gasteiger partial charge in [0.05, 0.1) is 11.5 Å². The average Bonchev–Trinajstić information content (AvgIpc) is 2.08. The Morgan fingerprint density at radius 2 is 2.20 bits per heavy atom. The Balaban J connectivity index is 2.76. The molecule has 0 spiro atoms. The van der Waals surface area contributed by atoms with E-state index in [0.717, 1.165) is 0 Å². The average molecular weight is 164 g/mol. The van der Waals surface area contributed by atoms with Gasteiger partial charge in [0.15, 0.2) is 9.84 Å². The highest BCUT2D eigenvalue weighted by molar-refractivity contribution is 7.91. The van der Waals surface area contributed by atoms with Crippen LogP contribution in [0.5, 0.6) is 0 Å². The van der Waals surface area contributed by atoms with Crippen LogP contribution in [0.2, 0.25) is 0 Å². The third kappa shape index (κ3) is 1.47. The monoisotopic (exact) mass is 164 g/mol. The summed E-state index contributed by atoms with van der Waals surface area (Å²) in [6, 6.07) is 0. The number of hydrazine groups is 1. The van der Waals surface area contributed by atoms with Crippen molar-refractivity contribution in [3.8, 4) is 0 Å². The molecule has 4 nitrogen and oxygen atoms in total. The van der Waals surface area contributed by atoms with Crippen molar-refractivity contribution < 1.29 is 8.42 Å². The normalized spacial score (nSPS) is 38.2. The van der Waals surface area contributed by atoms with Crippen molar-refractivity contribution in [3.63, 3.8) is 0 Å². The number of nitrogens with one attached hydrogen (secondary N) is 1. The van der Waals surface area contributed by atoms with Crippen molar-refractivity contribution in [3.05, 3.63) is 0 Å². The fraction of sp³-hybridized carbons (Fsp3) is 1.00. The molecule has 0 bridgehead atoms. The summed E-state index contributed by atoms with van der Waals surface area (Å²) in [5.41, 5.74) is 2.13. The van der Waals surface area contributed by atoms with Crippen molar-refractivity contribution in [1.29, 1.82) is 0 Å². The van der Waals surface area contributed by atoms with Crippen LogP contribution in [0.3, 0.4) is 0 Å². The molecule has 5 heteroatoms. The highest BCUT2D eigenvalue weighted by atomic mass is 32.2. The number of nitrogens with two attached hydrogens (primary N) is 1. The molecule has 1 heterocycles. The van der Waals surface area contributed by atoms with Crippen LogP contribution in [-0.4, -0.2) is 25.5 Å². The van der Waals surface area contributed by atoms with Crippen LogP contribution in [0.1, 0.15) is 13.3 Å². The smallest absolute Gasteiger partial charge is 0.152 e. The second kappa shape index (κ2) is 2.18. The van der Waals surface area contributed by atoms with Gasteiger partial charge in [-0.15, -0.1) is 0 Å². The van der Waals surface area contributed by atoms with Gasteiger partial charge in [0.1, 0.15) is 0 Å². The molecular formula is C5H12N2O2S. The van der Waals surface area contributed by atoms with Gasteiger partial charge in [-0.1, -0.05) is 0 Å². The van der Waals surface area contributed by atoms with Gasteiger partial charge in [-0.05, 0) is 13.3 Å². The van der Waals surface area contributed by atoms with Gasteiger partial charge in [-0.3, -0.25) is 11.3 Å². The summed E-state index contributed by atoms with van der Waals surface area (Å²) in [7, 11) is -2.81. The Labute approximate surface area is 60.7 Å². The predicted molar refractivity (Wildman–Crippen MR) is 39.0 cm³/mol. The Bertz CT molecular complexity index is 224. The lowest BCUT2D eigenvalue weighted by atomic mass is 10.0. The first kappa shape index (κ1) is 7.97. The van der Waals surface area contributed by atoms with Crippen molar-refractivity contribution in [2.45, 2.75) is 18.9 Å². The lowest BCUT2D eigenvalue weighted by molar-refractivity contribution is 0.408. The van der Waals surface area contributed by atoms with Gasteiger partial charge >= 0.3 is 0 Å². The standard InChI is InChI=1S/C5H12N2O2S/c1-5(7-6)2-3-10(8,9)4-5/h7H,2-4,6H2,1H3/t5-/m0/s1. The molecule has 1 fully saturated rings. The maximum Gasteiger partial charge on any atom is 0.152 e. The number of sulfone groups is 1. The zero-order chi connectivity index (χ0) is 7.83. The van der Waals surface area contributed by atoms with Crippen LogP contribution in [0.4, 0.5) is 0 Å². The summed E-state index contributed by atoms with van der Waals surface area (Å²) in [6.07, 6.45) is 0.617. The van der Waals surface area contributed by atoms with Crippen molar-refractivity contribution in [2.24, 2.45) is 5.84 Å². The molecule has 0 aromatic rings. The Hall–Kier alpha value is -0.130.